The molecule has 1 aromatic carbocycles. The van der Waals surface area contributed by atoms with Crippen LogP contribution in [0.25, 0.3) is 10.9 Å². The third-order valence-electron chi connectivity index (χ3n) is 4.33. The van der Waals surface area contributed by atoms with E-state index in [1.165, 1.54) is 23.8 Å². The van der Waals surface area contributed by atoms with Crippen LogP contribution in [0.1, 0.15) is 32.3 Å². The fraction of sp³-hybridized carbons (Fsp3) is 0.471. The van der Waals surface area contributed by atoms with E-state index in [0.717, 1.165) is 24.4 Å². The minimum Gasteiger partial charge on any atom is -0.351 e. The fourth-order valence-corrected chi connectivity index (χ4v) is 3.24. The molecule has 1 N–H and O–H groups in total. The number of rotatable bonds is 3. The van der Waals surface area contributed by atoms with E-state index in [9.17, 15) is 0 Å². The Morgan fingerprint density at radius 2 is 2.10 bits per heavy atom. The summed E-state index contributed by atoms with van der Waals surface area (Å²) in [7, 11) is 1.99. The first-order chi connectivity index (χ1) is 9.62. The Balaban J connectivity index is 2.12. The molecular weight excluding hydrogens is 246 g/mol. The van der Waals surface area contributed by atoms with Crippen LogP contribution in [0, 0.1) is 0 Å². The molecule has 1 fully saturated rings. The van der Waals surface area contributed by atoms with Crippen LogP contribution in [-0.4, -0.2) is 24.1 Å². The van der Waals surface area contributed by atoms with Crippen LogP contribution < -0.4 is 10.2 Å². The Kier molecular flexibility index (Phi) is 3.38. The van der Waals surface area contributed by atoms with Crippen LogP contribution >= 0.6 is 0 Å². The van der Waals surface area contributed by atoms with Gasteiger partial charge in [-0.3, -0.25) is 0 Å². The number of hydrogen-bond acceptors (Lipinski definition) is 3. The van der Waals surface area contributed by atoms with E-state index in [4.69, 9.17) is 4.98 Å². The number of nitrogens with zero attached hydrogens (tertiary/aromatic N) is 2. The van der Waals surface area contributed by atoms with Gasteiger partial charge in [0.25, 0.3) is 0 Å². The van der Waals surface area contributed by atoms with Crippen molar-refractivity contribution in [1.29, 1.82) is 0 Å². The highest BCUT2D eigenvalue weighted by Crippen LogP contribution is 2.34. The number of pyridine rings is 1. The molecule has 1 aliphatic heterocycles. The van der Waals surface area contributed by atoms with Gasteiger partial charge in [-0.25, -0.2) is 4.98 Å². The van der Waals surface area contributed by atoms with E-state index < -0.39 is 0 Å². The molecule has 1 aliphatic rings. The van der Waals surface area contributed by atoms with Gasteiger partial charge in [0.2, 0.25) is 0 Å². The molecule has 0 amide bonds. The third-order valence-corrected chi connectivity index (χ3v) is 4.33. The topological polar surface area (TPSA) is 28.2 Å². The first-order valence-electron chi connectivity index (χ1n) is 7.43. The van der Waals surface area contributed by atoms with Crippen molar-refractivity contribution in [2.45, 2.75) is 38.8 Å². The predicted octanol–water partition coefficient (Wildman–Crippen LogP) is 3.33. The van der Waals surface area contributed by atoms with Gasteiger partial charge in [0.15, 0.2) is 0 Å². The number of aromatic nitrogens is 1. The molecule has 3 rings (SSSR count). The van der Waals surface area contributed by atoms with Gasteiger partial charge in [0, 0.05) is 24.0 Å². The zero-order valence-corrected chi connectivity index (χ0v) is 12.6. The van der Waals surface area contributed by atoms with E-state index in [1.807, 2.05) is 7.05 Å². The lowest BCUT2D eigenvalue weighted by molar-refractivity contribution is 0.514. The molecule has 0 spiro atoms. The van der Waals surface area contributed by atoms with E-state index >= 15 is 0 Å². The van der Waals surface area contributed by atoms with Crippen molar-refractivity contribution in [3.8, 4) is 0 Å². The molecule has 0 saturated carbocycles. The van der Waals surface area contributed by atoms with Crippen molar-refractivity contribution in [3.05, 3.63) is 35.9 Å². The third kappa shape index (κ3) is 2.27. The molecule has 0 radical (unpaired) electrons. The Labute approximate surface area is 121 Å². The second-order valence-corrected chi connectivity index (χ2v) is 6.25. The highest BCUT2D eigenvalue weighted by atomic mass is 15.3. The molecule has 0 bridgehead atoms. The number of anilines is 1. The highest BCUT2D eigenvalue weighted by molar-refractivity contribution is 5.84. The molecule has 1 saturated heterocycles. The lowest BCUT2D eigenvalue weighted by Crippen LogP contribution is -2.38. The lowest BCUT2D eigenvalue weighted by Gasteiger charge is -2.33. The first kappa shape index (κ1) is 13.4. The van der Waals surface area contributed by atoms with Gasteiger partial charge < -0.3 is 10.2 Å². The van der Waals surface area contributed by atoms with Crippen molar-refractivity contribution >= 4 is 16.7 Å². The number of para-hydroxylation sites is 1. The van der Waals surface area contributed by atoms with Gasteiger partial charge in [-0.05, 0) is 51.4 Å². The summed E-state index contributed by atoms with van der Waals surface area (Å²) in [6.07, 6.45) is 2.49. The standard InChI is InChI=1S/C17H23N3/c1-17(2)9-6-10-20(17)16-11-13(12-18-3)14-7-4-5-8-15(14)19-16/h4-5,7-8,11,18H,6,9-10,12H2,1-3H3. The Morgan fingerprint density at radius 3 is 2.80 bits per heavy atom. The minimum atomic E-state index is 0.215. The molecule has 2 aromatic rings. The predicted molar refractivity (Wildman–Crippen MR) is 85.2 cm³/mol. The van der Waals surface area contributed by atoms with Crippen LogP contribution in [0.15, 0.2) is 30.3 Å². The SMILES string of the molecule is CNCc1cc(N2CCCC2(C)C)nc2ccccc12. The molecule has 20 heavy (non-hydrogen) atoms. The smallest absolute Gasteiger partial charge is 0.130 e. The average molecular weight is 269 g/mol. The number of hydrogen-bond donors (Lipinski definition) is 1. The van der Waals surface area contributed by atoms with E-state index in [-0.39, 0.29) is 5.54 Å². The number of benzene rings is 1. The van der Waals surface area contributed by atoms with Gasteiger partial charge in [-0.1, -0.05) is 18.2 Å². The molecule has 3 nitrogen and oxygen atoms in total. The van der Waals surface area contributed by atoms with Gasteiger partial charge in [-0.2, -0.15) is 0 Å². The summed E-state index contributed by atoms with van der Waals surface area (Å²) in [4.78, 5) is 7.35. The zero-order chi connectivity index (χ0) is 14.2. The van der Waals surface area contributed by atoms with Crippen molar-refractivity contribution in [1.82, 2.24) is 10.3 Å². The van der Waals surface area contributed by atoms with Crippen molar-refractivity contribution in [3.63, 3.8) is 0 Å². The molecule has 0 aliphatic carbocycles. The van der Waals surface area contributed by atoms with Crippen molar-refractivity contribution < 1.29 is 0 Å². The van der Waals surface area contributed by atoms with Gasteiger partial charge >= 0.3 is 0 Å². The van der Waals surface area contributed by atoms with Crippen LogP contribution in [0.3, 0.4) is 0 Å². The Hall–Kier alpha value is -1.61. The largest absolute Gasteiger partial charge is 0.351 e. The van der Waals surface area contributed by atoms with Crippen molar-refractivity contribution in [2.24, 2.45) is 0 Å². The van der Waals surface area contributed by atoms with Crippen LogP contribution in [0.4, 0.5) is 5.82 Å². The molecule has 3 heteroatoms. The van der Waals surface area contributed by atoms with Crippen LogP contribution in [-0.2, 0) is 6.54 Å². The Morgan fingerprint density at radius 1 is 1.30 bits per heavy atom. The molecule has 106 valence electrons. The number of fused-ring (bicyclic) bond motifs is 1. The Bertz CT molecular complexity index is 619. The fourth-order valence-electron chi connectivity index (χ4n) is 3.24. The zero-order valence-electron chi connectivity index (χ0n) is 12.6. The van der Waals surface area contributed by atoms with E-state index in [1.54, 1.807) is 0 Å². The van der Waals surface area contributed by atoms with Crippen LogP contribution in [0.2, 0.25) is 0 Å². The molecule has 0 atom stereocenters. The second kappa shape index (κ2) is 5.06. The summed E-state index contributed by atoms with van der Waals surface area (Å²) < 4.78 is 0. The maximum atomic E-state index is 4.89. The molecule has 2 heterocycles. The van der Waals surface area contributed by atoms with E-state index in [2.05, 4.69) is 54.4 Å². The van der Waals surface area contributed by atoms with Crippen LogP contribution in [0.5, 0.6) is 0 Å². The average Bonchev–Trinajstić information content (AvgIpc) is 2.78. The molecule has 1 aromatic heterocycles. The molecule has 0 unspecified atom stereocenters. The minimum absolute atomic E-state index is 0.215. The quantitative estimate of drug-likeness (QED) is 0.926. The summed E-state index contributed by atoms with van der Waals surface area (Å²) in [5.74, 6) is 1.12. The summed E-state index contributed by atoms with van der Waals surface area (Å²) in [6.45, 7) is 6.62. The van der Waals surface area contributed by atoms with E-state index in [0.29, 0.717) is 0 Å². The summed E-state index contributed by atoms with van der Waals surface area (Å²) in [5, 5.41) is 4.52. The summed E-state index contributed by atoms with van der Waals surface area (Å²) in [6, 6.07) is 10.7. The normalized spacial score (nSPS) is 17.9. The maximum absolute atomic E-state index is 4.89. The monoisotopic (exact) mass is 269 g/mol. The summed E-state index contributed by atoms with van der Waals surface area (Å²) in [5.41, 5.74) is 2.64. The first-order valence-corrected chi connectivity index (χ1v) is 7.43. The van der Waals surface area contributed by atoms with Gasteiger partial charge in [0.05, 0.1) is 5.52 Å². The molecular formula is C17H23N3. The summed E-state index contributed by atoms with van der Waals surface area (Å²) >= 11 is 0. The van der Waals surface area contributed by atoms with Crippen molar-refractivity contribution in [2.75, 3.05) is 18.5 Å². The maximum Gasteiger partial charge on any atom is 0.130 e. The second-order valence-electron chi connectivity index (χ2n) is 6.25. The van der Waals surface area contributed by atoms with Gasteiger partial charge in [-0.15, -0.1) is 0 Å². The lowest BCUT2D eigenvalue weighted by atomic mass is 10.0. The highest BCUT2D eigenvalue weighted by Gasteiger charge is 2.33. The number of nitrogens with one attached hydrogen (secondary N) is 1. The van der Waals surface area contributed by atoms with Gasteiger partial charge in [0.1, 0.15) is 5.82 Å².